The molecule has 0 radical (unpaired) electrons. The molecule has 0 aromatic carbocycles. The average molecular weight is 140 g/mol. The van der Waals surface area contributed by atoms with Crippen LogP contribution in [0.4, 0.5) is 0 Å². The summed E-state index contributed by atoms with van der Waals surface area (Å²) < 4.78 is 0. The molecule has 3 heteroatoms. The minimum Gasteiger partial charge on any atom is -0.315 e. The third-order valence-electron chi connectivity index (χ3n) is 0.991. The zero-order chi connectivity index (χ0) is 6.69. The van der Waals surface area contributed by atoms with Gasteiger partial charge in [0.1, 0.15) is 0 Å². The highest BCUT2D eigenvalue weighted by molar-refractivity contribution is 7.80. The largest absolute Gasteiger partial charge is 0.315 e. The summed E-state index contributed by atoms with van der Waals surface area (Å²) in [5.74, 6) is 0. The maximum absolute atomic E-state index is 5.42. The maximum Gasteiger partial charge on any atom is 0.0908 e. The van der Waals surface area contributed by atoms with Crippen molar-refractivity contribution in [1.29, 1.82) is 0 Å². The van der Waals surface area contributed by atoms with Crippen LogP contribution in [0.25, 0.3) is 0 Å². The van der Waals surface area contributed by atoms with E-state index in [1.54, 1.807) is 6.20 Å². The summed E-state index contributed by atoms with van der Waals surface area (Å²) in [6.45, 7) is 0. The fraction of sp³-hybridized carbons (Fsp3) is 0.167. The van der Waals surface area contributed by atoms with Crippen molar-refractivity contribution in [3.63, 3.8) is 0 Å². The van der Waals surface area contributed by atoms with E-state index in [4.69, 9.17) is 5.73 Å². The van der Waals surface area contributed by atoms with Crippen LogP contribution >= 0.6 is 12.6 Å². The van der Waals surface area contributed by atoms with Gasteiger partial charge in [0.15, 0.2) is 0 Å². The normalized spacial score (nSPS) is 13.1. The first-order valence-electron chi connectivity index (χ1n) is 2.65. The van der Waals surface area contributed by atoms with Crippen molar-refractivity contribution < 1.29 is 0 Å². The zero-order valence-corrected chi connectivity index (χ0v) is 5.75. The molecule has 2 nitrogen and oxygen atoms in total. The molecule has 1 rings (SSSR count). The van der Waals surface area contributed by atoms with E-state index in [1.165, 1.54) is 0 Å². The molecule has 0 amide bonds. The first-order chi connectivity index (χ1) is 4.30. The monoisotopic (exact) mass is 140 g/mol. The number of rotatable bonds is 1. The maximum atomic E-state index is 5.42. The van der Waals surface area contributed by atoms with Gasteiger partial charge in [-0.3, -0.25) is 4.98 Å². The van der Waals surface area contributed by atoms with Gasteiger partial charge in [-0.05, 0) is 12.1 Å². The van der Waals surface area contributed by atoms with Crippen LogP contribution in [0.5, 0.6) is 0 Å². The Morgan fingerprint density at radius 2 is 2.33 bits per heavy atom. The second kappa shape index (κ2) is 2.85. The summed E-state index contributed by atoms with van der Waals surface area (Å²) in [6, 6.07) is 5.58. The van der Waals surface area contributed by atoms with Crippen LogP contribution in [-0.4, -0.2) is 4.98 Å². The van der Waals surface area contributed by atoms with Crippen molar-refractivity contribution in [2.75, 3.05) is 0 Å². The van der Waals surface area contributed by atoms with Crippen LogP contribution in [0, 0.1) is 0 Å². The van der Waals surface area contributed by atoms with Crippen LogP contribution in [0.15, 0.2) is 24.4 Å². The van der Waals surface area contributed by atoms with Crippen molar-refractivity contribution in [3.05, 3.63) is 30.1 Å². The Labute approximate surface area is 59.5 Å². The van der Waals surface area contributed by atoms with Gasteiger partial charge < -0.3 is 5.73 Å². The topological polar surface area (TPSA) is 38.9 Å². The molecule has 1 aromatic heterocycles. The third kappa shape index (κ3) is 1.69. The summed E-state index contributed by atoms with van der Waals surface area (Å²) in [4.78, 5) is 3.98. The molecular weight excluding hydrogens is 132 g/mol. The standard InChI is InChI=1S/C6H8N2S/c7-6(9)5-3-1-2-4-8-5/h1-4,6,9H,7H2. The molecule has 0 saturated carbocycles. The lowest BCUT2D eigenvalue weighted by atomic mass is 10.3. The molecule has 2 N–H and O–H groups in total. The Kier molecular flexibility index (Phi) is 2.08. The number of hydrogen-bond donors (Lipinski definition) is 2. The first-order valence-corrected chi connectivity index (χ1v) is 3.17. The van der Waals surface area contributed by atoms with Gasteiger partial charge in [-0.15, -0.1) is 0 Å². The summed E-state index contributed by atoms with van der Waals surface area (Å²) in [5, 5.41) is -0.258. The van der Waals surface area contributed by atoms with Gasteiger partial charge >= 0.3 is 0 Å². The van der Waals surface area contributed by atoms with Crippen LogP contribution in [0.3, 0.4) is 0 Å². The van der Waals surface area contributed by atoms with Crippen LogP contribution in [-0.2, 0) is 0 Å². The van der Waals surface area contributed by atoms with E-state index >= 15 is 0 Å². The highest BCUT2D eigenvalue weighted by atomic mass is 32.1. The van der Waals surface area contributed by atoms with Crippen LogP contribution in [0.2, 0.25) is 0 Å². The molecular formula is C6H8N2S. The smallest absolute Gasteiger partial charge is 0.0908 e. The highest BCUT2D eigenvalue weighted by Crippen LogP contribution is 2.07. The highest BCUT2D eigenvalue weighted by Gasteiger charge is 1.96. The van der Waals surface area contributed by atoms with Gasteiger partial charge in [0.25, 0.3) is 0 Å². The van der Waals surface area contributed by atoms with E-state index in [-0.39, 0.29) is 5.37 Å². The van der Waals surface area contributed by atoms with Gasteiger partial charge in [0.2, 0.25) is 0 Å². The lowest BCUT2D eigenvalue weighted by Gasteiger charge is -1.99. The van der Waals surface area contributed by atoms with Crippen molar-refractivity contribution in [3.8, 4) is 0 Å². The van der Waals surface area contributed by atoms with Gasteiger partial charge in [0.05, 0.1) is 11.1 Å². The lowest BCUT2D eigenvalue weighted by Crippen LogP contribution is -2.03. The molecule has 0 bridgehead atoms. The summed E-state index contributed by atoms with van der Waals surface area (Å²) in [5.41, 5.74) is 6.22. The minimum atomic E-state index is -0.258. The van der Waals surface area contributed by atoms with E-state index in [1.807, 2.05) is 18.2 Å². The fourth-order valence-electron chi connectivity index (χ4n) is 0.551. The summed E-state index contributed by atoms with van der Waals surface area (Å²) in [7, 11) is 0. The van der Waals surface area contributed by atoms with Gasteiger partial charge in [-0.2, -0.15) is 12.6 Å². The lowest BCUT2D eigenvalue weighted by molar-refractivity contribution is 0.970. The Morgan fingerprint density at radius 1 is 1.56 bits per heavy atom. The number of hydrogen-bond acceptors (Lipinski definition) is 3. The third-order valence-corrected chi connectivity index (χ3v) is 1.26. The zero-order valence-electron chi connectivity index (χ0n) is 4.86. The Bertz CT molecular complexity index is 174. The molecule has 0 saturated heterocycles. The molecule has 0 aliphatic heterocycles. The van der Waals surface area contributed by atoms with Crippen molar-refractivity contribution >= 4 is 12.6 Å². The molecule has 1 heterocycles. The molecule has 1 aromatic rings. The summed E-state index contributed by atoms with van der Waals surface area (Å²) >= 11 is 4.00. The SMILES string of the molecule is NC(S)c1ccccn1. The molecule has 0 fully saturated rings. The molecule has 48 valence electrons. The Balaban J connectivity index is 2.85. The quantitative estimate of drug-likeness (QED) is 0.450. The number of thiol groups is 1. The fourth-order valence-corrected chi connectivity index (χ4v) is 0.704. The van der Waals surface area contributed by atoms with E-state index in [2.05, 4.69) is 17.6 Å². The van der Waals surface area contributed by atoms with Crippen molar-refractivity contribution in [2.45, 2.75) is 5.37 Å². The van der Waals surface area contributed by atoms with Gasteiger partial charge in [-0.25, -0.2) is 0 Å². The van der Waals surface area contributed by atoms with Gasteiger partial charge in [0, 0.05) is 6.20 Å². The predicted octanol–water partition coefficient (Wildman–Crippen LogP) is 0.969. The Morgan fingerprint density at radius 3 is 2.67 bits per heavy atom. The van der Waals surface area contributed by atoms with Crippen molar-refractivity contribution in [1.82, 2.24) is 4.98 Å². The predicted molar refractivity (Wildman–Crippen MR) is 40.2 cm³/mol. The van der Waals surface area contributed by atoms with Crippen LogP contribution < -0.4 is 5.73 Å². The molecule has 0 aliphatic rings. The van der Waals surface area contributed by atoms with E-state index in [9.17, 15) is 0 Å². The minimum absolute atomic E-state index is 0.258. The number of nitrogens with two attached hydrogens (primary N) is 1. The molecule has 0 spiro atoms. The molecule has 9 heavy (non-hydrogen) atoms. The van der Waals surface area contributed by atoms with Gasteiger partial charge in [-0.1, -0.05) is 6.07 Å². The number of aromatic nitrogens is 1. The first kappa shape index (κ1) is 6.58. The average Bonchev–Trinajstić information content (AvgIpc) is 1.90. The Hall–Kier alpha value is -0.540. The summed E-state index contributed by atoms with van der Waals surface area (Å²) in [6.07, 6.45) is 1.70. The number of pyridine rings is 1. The molecule has 1 atom stereocenters. The van der Waals surface area contributed by atoms with E-state index in [0.29, 0.717) is 0 Å². The molecule has 1 unspecified atom stereocenters. The van der Waals surface area contributed by atoms with E-state index < -0.39 is 0 Å². The van der Waals surface area contributed by atoms with Crippen LogP contribution in [0.1, 0.15) is 11.1 Å². The van der Waals surface area contributed by atoms with Crippen molar-refractivity contribution in [2.24, 2.45) is 5.73 Å². The molecule has 0 aliphatic carbocycles. The second-order valence-corrected chi connectivity index (χ2v) is 2.26. The second-order valence-electron chi connectivity index (χ2n) is 1.70. The number of nitrogens with zero attached hydrogens (tertiary/aromatic N) is 1. The van der Waals surface area contributed by atoms with E-state index in [0.717, 1.165) is 5.69 Å².